The first-order valence-corrected chi connectivity index (χ1v) is 9.57. The van der Waals surface area contributed by atoms with Gasteiger partial charge in [0.1, 0.15) is 5.69 Å². The van der Waals surface area contributed by atoms with Crippen molar-refractivity contribution < 1.29 is 26.3 Å². The van der Waals surface area contributed by atoms with Gasteiger partial charge in [-0.1, -0.05) is 24.3 Å². The number of ether oxygens (including phenoxy) is 1. The molecule has 0 spiro atoms. The van der Waals surface area contributed by atoms with Gasteiger partial charge in [-0.15, -0.1) is 25.6 Å². The van der Waals surface area contributed by atoms with Crippen molar-refractivity contribution in [3.05, 3.63) is 48.5 Å². The molecule has 28 heavy (non-hydrogen) atoms. The Morgan fingerprint density at radius 1 is 1.00 bits per heavy atom. The zero-order valence-corrected chi connectivity index (χ0v) is 16.4. The lowest BCUT2D eigenvalue weighted by molar-refractivity contribution is -0.274. The van der Waals surface area contributed by atoms with Gasteiger partial charge in [-0.25, -0.2) is 4.31 Å². The maximum absolute atomic E-state index is 13.2. The molecule has 2 aromatic rings. The minimum absolute atomic E-state index is 0. The van der Waals surface area contributed by atoms with Crippen molar-refractivity contribution in [1.82, 2.24) is 5.32 Å². The molecule has 0 atom stereocenters. The zero-order chi connectivity index (χ0) is 19.7. The SMILES string of the molecule is CNCCCN1c2ccccc2N(c2ccccc2OC(F)(F)F)S1(=O)=O.Cl. The number of nitrogens with one attached hydrogen (secondary N) is 1. The Labute approximate surface area is 167 Å². The summed E-state index contributed by atoms with van der Waals surface area (Å²) < 4.78 is 70.8. The summed E-state index contributed by atoms with van der Waals surface area (Å²) in [5.74, 6) is -0.583. The molecule has 0 aliphatic carbocycles. The monoisotopic (exact) mass is 437 g/mol. The number of alkyl halides is 3. The van der Waals surface area contributed by atoms with E-state index in [0.29, 0.717) is 18.7 Å². The van der Waals surface area contributed by atoms with Crippen LogP contribution in [-0.2, 0) is 10.2 Å². The van der Waals surface area contributed by atoms with E-state index in [1.807, 2.05) is 0 Å². The van der Waals surface area contributed by atoms with Crippen LogP contribution in [0.25, 0.3) is 0 Å². The Morgan fingerprint density at radius 2 is 1.57 bits per heavy atom. The molecule has 0 saturated carbocycles. The third-order valence-corrected chi connectivity index (χ3v) is 5.77. The fourth-order valence-electron chi connectivity index (χ4n) is 2.92. The number of fused-ring (bicyclic) bond motifs is 1. The van der Waals surface area contributed by atoms with Gasteiger partial charge in [-0.3, -0.25) is 4.31 Å². The van der Waals surface area contributed by atoms with Crippen molar-refractivity contribution in [3.8, 4) is 5.75 Å². The van der Waals surface area contributed by atoms with E-state index in [1.54, 1.807) is 31.3 Å². The van der Waals surface area contributed by atoms with Crippen molar-refractivity contribution in [1.29, 1.82) is 0 Å². The first kappa shape index (κ1) is 22.1. The van der Waals surface area contributed by atoms with Crippen LogP contribution in [0.4, 0.5) is 30.2 Å². The summed E-state index contributed by atoms with van der Waals surface area (Å²) in [6.45, 7) is 0.793. The number of anilines is 3. The predicted octanol–water partition coefficient (Wildman–Crippen LogP) is 3.82. The number of hydrogen-bond donors (Lipinski definition) is 1. The van der Waals surface area contributed by atoms with Crippen molar-refractivity contribution in [2.45, 2.75) is 12.8 Å². The highest BCUT2D eigenvalue weighted by Gasteiger charge is 2.43. The summed E-state index contributed by atoms with van der Waals surface area (Å²) in [7, 11) is -2.35. The average molecular weight is 438 g/mol. The minimum Gasteiger partial charge on any atom is -0.404 e. The second kappa shape index (κ2) is 8.46. The molecule has 0 amide bonds. The maximum atomic E-state index is 13.2. The molecule has 0 fully saturated rings. The summed E-state index contributed by atoms with van der Waals surface area (Å²) in [5.41, 5.74) is 0.494. The molecule has 1 N–H and O–H groups in total. The van der Waals surface area contributed by atoms with Crippen molar-refractivity contribution >= 4 is 39.7 Å². The molecule has 0 unspecified atom stereocenters. The van der Waals surface area contributed by atoms with Crippen LogP contribution in [0.2, 0.25) is 0 Å². The molecule has 0 saturated heterocycles. The molecule has 6 nitrogen and oxygen atoms in total. The summed E-state index contributed by atoms with van der Waals surface area (Å²) in [5, 5.41) is 2.94. The summed E-state index contributed by atoms with van der Waals surface area (Å²) in [6, 6.07) is 11.7. The molecule has 0 aromatic heterocycles. The van der Waals surface area contributed by atoms with E-state index < -0.39 is 22.3 Å². The van der Waals surface area contributed by atoms with Crippen LogP contribution in [0.3, 0.4) is 0 Å². The van der Waals surface area contributed by atoms with Crippen molar-refractivity contribution in [3.63, 3.8) is 0 Å². The second-order valence-electron chi connectivity index (χ2n) is 5.81. The van der Waals surface area contributed by atoms with Crippen LogP contribution in [0.1, 0.15) is 6.42 Å². The van der Waals surface area contributed by atoms with Gasteiger partial charge in [0.2, 0.25) is 0 Å². The number of para-hydroxylation sites is 4. The Kier molecular flexibility index (Phi) is 6.68. The Hall–Kier alpha value is -2.17. The standard InChI is InChI=1S/C17H18F3N3O3S.ClH/c1-21-11-6-12-22-13-7-2-3-8-14(13)23(27(22,24)25)15-9-4-5-10-16(15)26-17(18,19)20;/h2-5,7-10,21H,6,11-12H2,1H3;1H. The van der Waals surface area contributed by atoms with E-state index in [4.69, 9.17) is 0 Å². The topological polar surface area (TPSA) is 61.9 Å². The lowest BCUT2D eigenvalue weighted by Gasteiger charge is -2.23. The van der Waals surface area contributed by atoms with Crippen LogP contribution in [0.15, 0.2) is 48.5 Å². The molecule has 11 heteroatoms. The van der Waals surface area contributed by atoms with Gasteiger partial charge >= 0.3 is 16.6 Å². The van der Waals surface area contributed by atoms with Crippen molar-refractivity contribution in [2.75, 3.05) is 28.7 Å². The van der Waals surface area contributed by atoms with E-state index >= 15 is 0 Å². The van der Waals surface area contributed by atoms with Gasteiger partial charge in [0.15, 0.2) is 5.75 Å². The van der Waals surface area contributed by atoms with E-state index in [-0.39, 0.29) is 30.3 Å². The van der Waals surface area contributed by atoms with Gasteiger partial charge < -0.3 is 10.1 Å². The highest BCUT2D eigenvalue weighted by molar-refractivity contribution is 7.95. The number of hydrogen-bond acceptors (Lipinski definition) is 4. The lowest BCUT2D eigenvalue weighted by Crippen LogP contribution is -2.37. The van der Waals surface area contributed by atoms with E-state index in [2.05, 4.69) is 10.1 Å². The molecule has 3 rings (SSSR count). The molecule has 0 bridgehead atoms. The van der Waals surface area contributed by atoms with Crippen LogP contribution >= 0.6 is 12.4 Å². The first-order chi connectivity index (χ1) is 12.8. The van der Waals surface area contributed by atoms with E-state index in [1.165, 1.54) is 22.5 Å². The van der Waals surface area contributed by atoms with Gasteiger partial charge in [0.25, 0.3) is 0 Å². The summed E-state index contributed by atoms with van der Waals surface area (Å²) >= 11 is 0. The quantitative estimate of drug-likeness (QED) is 0.698. The largest absolute Gasteiger partial charge is 0.573 e. The molecule has 1 aliphatic rings. The lowest BCUT2D eigenvalue weighted by atomic mass is 10.2. The number of nitrogens with zero attached hydrogens (tertiary/aromatic N) is 2. The summed E-state index contributed by atoms with van der Waals surface area (Å²) in [6.07, 6.45) is -4.40. The predicted molar refractivity (Wildman–Crippen MR) is 104 cm³/mol. The Bertz CT molecular complexity index is 925. The molecule has 1 heterocycles. The Balaban J connectivity index is 0.00000280. The average Bonchev–Trinajstić information content (AvgIpc) is 2.81. The van der Waals surface area contributed by atoms with Gasteiger partial charge in [0, 0.05) is 6.54 Å². The van der Waals surface area contributed by atoms with Gasteiger partial charge in [-0.05, 0) is 44.3 Å². The van der Waals surface area contributed by atoms with Crippen LogP contribution in [-0.4, -0.2) is 34.9 Å². The molecule has 2 aromatic carbocycles. The molecular formula is C17H19ClF3N3O3S. The highest BCUT2D eigenvalue weighted by Crippen LogP contribution is 2.48. The highest BCUT2D eigenvalue weighted by atomic mass is 35.5. The second-order valence-corrected chi connectivity index (χ2v) is 7.51. The van der Waals surface area contributed by atoms with Crippen LogP contribution in [0.5, 0.6) is 5.75 Å². The maximum Gasteiger partial charge on any atom is 0.573 e. The number of rotatable bonds is 6. The number of halogens is 4. The third kappa shape index (κ3) is 4.29. The van der Waals surface area contributed by atoms with Gasteiger partial charge in [-0.2, -0.15) is 8.42 Å². The van der Waals surface area contributed by atoms with Gasteiger partial charge in [0.05, 0.1) is 11.4 Å². The molecule has 0 radical (unpaired) electrons. The Morgan fingerprint density at radius 3 is 2.18 bits per heavy atom. The van der Waals surface area contributed by atoms with Crippen LogP contribution in [0, 0.1) is 0 Å². The fourth-order valence-corrected chi connectivity index (χ4v) is 4.68. The minimum atomic E-state index is -4.94. The van der Waals surface area contributed by atoms with Crippen molar-refractivity contribution in [2.24, 2.45) is 0 Å². The zero-order valence-electron chi connectivity index (χ0n) is 14.8. The molecular weight excluding hydrogens is 419 g/mol. The summed E-state index contributed by atoms with van der Waals surface area (Å²) in [4.78, 5) is 0. The number of benzene rings is 2. The molecule has 154 valence electrons. The van der Waals surface area contributed by atoms with Crippen LogP contribution < -0.4 is 18.7 Å². The fraction of sp³-hybridized carbons (Fsp3) is 0.294. The normalized spacial score (nSPS) is 15.1. The molecule has 1 aliphatic heterocycles. The smallest absolute Gasteiger partial charge is 0.404 e. The third-order valence-electron chi connectivity index (χ3n) is 3.98. The van der Waals surface area contributed by atoms with E-state index in [0.717, 1.165) is 10.4 Å². The first-order valence-electron chi connectivity index (χ1n) is 8.17. The van der Waals surface area contributed by atoms with E-state index in [9.17, 15) is 21.6 Å².